The lowest BCUT2D eigenvalue weighted by Gasteiger charge is -2.19. The number of benzene rings is 1. The molecule has 1 N–H and O–H groups in total. The molecule has 1 nitrogen and oxygen atoms in total. The van der Waals surface area contributed by atoms with Gasteiger partial charge in [-0.05, 0) is 42.0 Å². The number of nitrogens with one attached hydrogen (secondary N) is 1. The average Bonchev–Trinajstić information content (AvgIpc) is 2.30. The third kappa shape index (κ3) is 5.55. The van der Waals surface area contributed by atoms with E-state index in [-0.39, 0.29) is 5.82 Å². The number of thioether (sulfide) groups is 1. The molecule has 0 aliphatic heterocycles. The maximum Gasteiger partial charge on any atom is 0.123 e. The van der Waals surface area contributed by atoms with E-state index in [2.05, 4.69) is 25.4 Å². The molecule has 0 aromatic heterocycles. The predicted octanol–water partition coefficient (Wildman–Crippen LogP) is 3.66. The van der Waals surface area contributed by atoms with Gasteiger partial charge in [0.05, 0.1) is 0 Å². The van der Waals surface area contributed by atoms with Gasteiger partial charge in [-0.1, -0.05) is 26.0 Å². The van der Waals surface area contributed by atoms with E-state index in [1.54, 1.807) is 12.1 Å². The van der Waals surface area contributed by atoms with Crippen molar-refractivity contribution in [2.45, 2.75) is 32.2 Å². The van der Waals surface area contributed by atoms with Gasteiger partial charge in [0, 0.05) is 12.6 Å². The van der Waals surface area contributed by atoms with E-state index in [0.717, 1.165) is 18.7 Å². The second-order valence-corrected chi connectivity index (χ2v) is 5.58. The molecule has 0 aliphatic carbocycles. The van der Waals surface area contributed by atoms with Crippen molar-refractivity contribution < 1.29 is 4.39 Å². The minimum atomic E-state index is -0.158. The molecule has 1 aromatic rings. The van der Waals surface area contributed by atoms with Crippen molar-refractivity contribution in [1.82, 2.24) is 5.32 Å². The van der Waals surface area contributed by atoms with Crippen LogP contribution in [0.4, 0.5) is 4.39 Å². The van der Waals surface area contributed by atoms with Gasteiger partial charge < -0.3 is 5.32 Å². The summed E-state index contributed by atoms with van der Waals surface area (Å²) in [7, 11) is 0. The fraction of sp³-hybridized carbons (Fsp3) is 0.571. The van der Waals surface area contributed by atoms with E-state index in [4.69, 9.17) is 0 Å². The highest BCUT2D eigenvalue weighted by Crippen LogP contribution is 2.21. The van der Waals surface area contributed by atoms with Crippen LogP contribution < -0.4 is 5.32 Å². The molecule has 96 valence electrons. The smallest absolute Gasteiger partial charge is 0.123 e. The van der Waals surface area contributed by atoms with Crippen LogP contribution in [0.25, 0.3) is 0 Å². The fourth-order valence-electron chi connectivity index (χ4n) is 1.76. The Hall–Kier alpha value is -0.540. The van der Waals surface area contributed by atoms with E-state index < -0.39 is 0 Å². The summed E-state index contributed by atoms with van der Waals surface area (Å²) in [5.41, 5.74) is 1.23. The summed E-state index contributed by atoms with van der Waals surface area (Å²) in [4.78, 5) is 0. The van der Waals surface area contributed by atoms with E-state index in [0.29, 0.717) is 12.0 Å². The van der Waals surface area contributed by atoms with Crippen LogP contribution in [-0.2, 0) is 0 Å². The molecule has 0 bridgehead atoms. The quantitative estimate of drug-likeness (QED) is 0.798. The van der Waals surface area contributed by atoms with Gasteiger partial charge in [-0.3, -0.25) is 0 Å². The summed E-state index contributed by atoms with van der Waals surface area (Å²) in [5, 5.41) is 3.46. The Balaban J connectivity index is 2.63. The third-order valence-electron chi connectivity index (χ3n) is 2.78. The molecule has 0 amide bonds. The van der Waals surface area contributed by atoms with Crippen molar-refractivity contribution in [3.8, 4) is 0 Å². The van der Waals surface area contributed by atoms with E-state index in [9.17, 15) is 4.39 Å². The summed E-state index contributed by atoms with van der Waals surface area (Å²) >= 11 is 1.86. The van der Waals surface area contributed by atoms with E-state index in [1.807, 2.05) is 23.9 Å². The van der Waals surface area contributed by atoms with Crippen molar-refractivity contribution in [2.24, 2.45) is 0 Å². The summed E-state index contributed by atoms with van der Waals surface area (Å²) in [6.45, 7) is 5.26. The summed E-state index contributed by atoms with van der Waals surface area (Å²) < 4.78 is 12.9. The summed E-state index contributed by atoms with van der Waals surface area (Å²) in [6.07, 6.45) is 3.25. The maximum atomic E-state index is 12.9. The highest BCUT2D eigenvalue weighted by molar-refractivity contribution is 7.98. The van der Waals surface area contributed by atoms with Gasteiger partial charge in [0.15, 0.2) is 0 Å². The van der Waals surface area contributed by atoms with Gasteiger partial charge in [-0.2, -0.15) is 11.8 Å². The zero-order valence-corrected chi connectivity index (χ0v) is 11.7. The number of hydrogen-bond acceptors (Lipinski definition) is 2. The van der Waals surface area contributed by atoms with Crippen molar-refractivity contribution in [2.75, 3.05) is 18.6 Å². The van der Waals surface area contributed by atoms with Gasteiger partial charge >= 0.3 is 0 Å². The maximum absolute atomic E-state index is 12.9. The zero-order chi connectivity index (χ0) is 12.7. The highest BCUT2D eigenvalue weighted by Gasteiger charge is 2.11. The molecule has 1 aromatic carbocycles. The lowest BCUT2D eigenvalue weighted by atomic mass is 9.96. The standard InChI is InChI=1S/C14H22FNS/c1-11(2)16-10-13(8-9-17-3)12-4-6-14(15)7-5-12/h4-7,11,13,16H,8-10H2,1-3H3. The second-order valence-electron chi connectivity index (χ2n) is 4.59. The Morgan fingerprint density at radius 3 is 2.41 bits per heavy atom. The van der Waals surface area contributed by atoms with Gasteiger partial charge in [0.1, 0.15) is 5.82 Å². The number of hydrogen-bond donors (Lipinski definition) is 1. The summed E-state index contributed by atoms with van der Waals surface area (Å²) in [5.74, 6) is 1.46. The van der Waals surface area contributed by atoms with Crippen LogP contribution in [-0.4, -0.2) is 24.6 Å². The molecule has 1 unspecified atom stereocenters. The minimum Gasteiger partial charge on any atom is -0.314 e. The van der Waals surface area contributed by atoms with Crippen LogP contribution >= 0.6 is 11.8 Å². The van der Waals surface area contributed by atoms with Crippen molar-refractivity contribution >= 4 is 11.8 Å². The highest BCUT2D eigenvalue weighted by atomic mass is 32.2. The number of rotatable bonds is 7. The Kier molecular flexibility index (Phi) is 6.60. The lowest BCUT2D eigenvalue weighted by Crippen LogP contribution is -2.28. The van der Waals surface area contributed by atoms with Crippen LogP contribution in [0.3, 0.4) is 0 Å². The van der Waals surface area contributed by atoms with Crippen LogP contribution in [0.5, 0.6) is 0 Å². The molecule has 1 rings (SSSR count). The van der Waals surface area contributed by atoms with Crippen LogP contribution in [0, 0.1) is 5.82 Å². The molecule has 1 atom stereocenters. The molecular weight excluding hydrogens is 233 g/mol. The first-order valence-corrected chi connectivity index (χ1v) is 7.50. The van der Waals surface area contributed by atoms with Gasteiger partial charge in [0.25, 0.3) is 0 Å². The topological polar surface area (TPSA) is 12.0 Å². The molecule has 0 saturated carbocycles. The van der Waals surface area contributed by atoms with Gasteiger partial charge in [-0.25, -0.2) is 4.39 Å². The van der Waals surface area contributed by atoms with E-state index >= 15 is 0 Å². The Labute approximate surface area is 108 Å². The molecule has 0 saturated heterocycles. The Bertz CT molecular complexity index is 311. The zero-order valence-electron chi connectivity index (χ0n) is 10.9. The van der Waals surface area contributed by atoms with Crippen LogP contribution in [0.2, 0.25) is 0 Å². The van der Waals surface area contributed by atoms with Gasteiger partial charge in [0.2, 0.25) is 0 Å². The van der Waals surface area contributed by atoms with Gasteiger partial charge in [-0.15, -0.1) is 0 Å². The first-order valence-electron chi connectivity index (χ1n) is 6.11. The average molecular weight is 255 g/mol. The fourth-order valence-corrected chi connectivity index (χ4v) is 2.28. The van der Waals surface area contributed by atoms with Crippen molar-refractivity contribution in [1.29, 1.82) is 0 Å². The second kappa shape index (κ2) is 7.72. The molecule has 0 spiro atoms. The van der Waals surface area contributed by atoms with Crippen LogP contribution in [0.1, 0.15) is 31.7 Å². The van der Waals surface area contributed by atoms with Crippen molar-refractivity contribution in [3.63, 3.8) is 0 Å². The third-order valence-corrected chi connectivity index (χ3v) is 3.43. The lowest BCUT2D eigenvalue weighted by molar-refractivity contribution is 0.521. The molecule has 17 heavy (non-hydrogen) atoms. The molecule has 0 heterocycles. The Morgan fingerprint density at radius 2 is 1.88 bits per heavy atom. The Morgan fingerprint density at radius 1 is 1.24 bits per heavy atom. The molecule has 0 radical (unpaired) electrons. The first kappa shape index (κ1) is 14.5. The largest absolute Gasteiger partial charge is 0.314 e. The first-order chi connectivity index (χ1) is 8.13. The molecule has 0 fully saturated rings. The predicted molar refractivity (Wildman–Crippen MR) is 75.3 cm³/mol. The monoisotopic (exact) mass is 255 g/mol. The number of halogens is 1. The minimum absolute atomic E-state index is 0.158. The summed E-state index contributed by atoms with van der Waals surface area (Å²) in [6, 6.07) is 7.41. The SMILES string of the molecule is CSCCC(CNC(C)C)c1ccc(F)cc1. The molecule has 3 heteroatoms. The van der Waals surface area contributed by atoms with E-state index in [1.165, 1.54) is 5.56 Å². The van der Waals surface area contributed by atoms with Crippen molar-refractivity contribution in [3.05, 3.63) is 35.6 Å². The molecule has 0 aliphatic rings. The van der Waals surface area contributed by atoms with Crippen LogP contribution in [0.15, 0.2) is 24.3 Å². The molecular formula is C14H22FNS. The normalized spacial score (nSPS) is 13.0.